The summed E-state index contributed by atoms with van der Waals surface area (Å²) in [4.78, 5) is 23.5. The van der Waals surface area contributed by atoms with E-state index in [4.69, 9.17) is 5.11 Å². The van der Waals surface area contributed by atoms with Gasteiger partial charge in [0.15, 0.2) is 0 Å². The SMILES string of the molecule is CC12CCCC1C1CCC(=O)C(C)(CCC(=O)O)C1CC2. The minimum Gasteiger partial charge on any atom is -0.481 e. The van der Waals surface area contributed by atoms with Crippen molar-refractivity contribution in [3.05, 3.63) is 0 Å². The predicted molar refractivity (Wildman–Crippen MR) is 80.9 cm³/mol. The molecule has 3 saturated carbocycles. The van der Waals surface area contributed by atoms with E-state index >= 15 is 0 Å². The van der Waals surface area contributed by atoms with E-state index in [-0.39, 0.29) is 11.8 Å². The van der Waals surface area contributed by atoms with E-state index in [1.165, 1.54) is 25.7 Å². The van der Waals surface area contributed by atoms with Gasteiger partial charge in [-0.2, -0.15) is 0 Å². The molecule has 3 aliphatic rings. The number of aliphatic carboxylic acids is 1. The van der Waals surface area contributed by atoms with Crippen LogP contribution in [0, 0.1) is 28.6 Å². The molecule has 0 aromatic carbocycles. The standard InChI is InChI=1S/C18H28O3/c1-17-9-3-4-13(17)12-5-6-15(19)18(2,11-8-16(20)21)14(12)7-10-17/h12-14H,3-11H2,1-2H3,(H,20,21). The van der Waals surface area contributed by atoms with E-state index < -0.39 is 5.97 Å². The zero-order valence-electron chi connectivity index (χ0n) is 13.4. The van der Waals surface area contributed by atoms with Crippen molar-refractivity contribution in [2.24, 2.45) is 28.6 Å². The zero-order chi connectivity index (χ0) is 15.3. The highest BCUT2D eigenvalue weighted by molar-refractivity contribution is 5.86. The first-order chi connectivity index (χ1) is 9.87. The summed E-state index contributed by atoms with van der Waals surface area (Å²) < 4.78 is 0. The normalized spacial score (nSPS) is 46.0. The molecule has 0 amide bonds. The zero-order valence-corrected chi connectivity index (χ0v) is 13.4. The summed E-state index contributed by atoms with van der Waals surface area (Å²) in [6, 6.07) is 0. The number of Topliss-reactive ketones (excluding diaryl/α,β-unsaturated/α-hetero) is 1. The molecule has 1 N–H and O–H groups in total. The number of rotatable bonds is 3. The first-order valence-corrected chi connectivity index (χ1v) is 8.62. The number of fused-ring (bicyclic) bond motifs is 3. The first-order valence-electron chi connectivity index (χ1n) is 8.62. The monoisotopic (exact) mass is 292 g/mol. The Hall–Kier alpha value is -0.860. The van der Waals surface area contributed by atoms with Gasteiger partial charge >= 0.3 is 5.97 Å². The molecule has 118 valence electrons. The molecule has 5 unspecified atom stereocenters. The Kier molecular flexibility index (Phi) is 3.66. The summed E-state index contributed by atoms with van der Waals surface area (Å²) in [6.07, 6.45) is 8.75. The predicted octanol–water partition coefficient (Wildman–Crippen LogP) is 4.05. The largest absolute Gasteiger partial charge is 0.481 e. The van der Waals surface area contributed by atoms with Crippen LogP contribution in [-0.4, -0.2) is 16.9 Å². The fraction of sp³-hybridized carbons (Fsp3) is 0.889. The molecule has 3 fully saturated rings. The maximum atomic E-state index is 12.6. The van der Waals surface area contributed by atoms with E-state index in [1.54, 1.807) is 0 Å². The lowest BCUT2D eigenvalue weighted by Gasteiger charge is -2.54. The molecule has 0 heterocycles. The van der Waals surface area contributed by atoms with Gasteiger partial charge in [0.2, 0.25) is 0 Å². The maximum absolute atomic E-state index is 12.6. The summed E-state index contributed by atoms with van der Waals surface area (Å²) in [5.41, 5.74) is 0.112. The molecule has 0 radical (unpaired) electrons. The van der Waals surface area contributed by atoms with Gasteiger partial charge in [-0.3, -0.25) is 9.59 Å². The number of hydrogen-bond acceptors (Lipinski definition) is 2. The Morgan fingerprint density at radius 2 is 1.95 bits per heavy atom. The van der Waals surface area contributed by atoms with E-state index in [1.807, 2.05) is 0 Å². The van der Waals surface area contributed by atoms with E-state index in [0.29, 0.717) is 35.9 Å². The number of carbonyl (C=O) groups is 2. The number of carboxylic acid groups (broad SMARTS) is 1. The van der Waals surface area contributed by atoms with E-state index in [2.05, 4.69) is 13.8 Å². The molecule has 3 heteroatoms. The third-order valence-corrected chi connectivity index (χ3v) is 7.24. The van der Waals surface area contributed by atoms with Crippen LogP contribution in [0.3, 0.4) is 0 Å². The van der Waals surface area contributed by atoms with Gasteiger partial charge in [-0.1, -0.05) is 20.3 Å². The highest BCUT2D eigenvalue weighted by Gasteiger charge is 2.56. The lowest BCUT2D eigenvalue weighted by atomic mass is 9.49. The van der Waals surface area contributed by atoms with Crippen LogP contribution in [0.25, 0.3) is 0 Å². The molecule has 0 spiro atoms. The molecule has 0 aromatic heterocycles. The molecule has 0 bridgehead atoms. The Bertz CT molecular complexity index is 457. The van der Waals surface area contributed by atoms with Crippen LogP contribution in [0.5, 0.6) is 0 Å². The lowest BCUT2D eigenvalue weighted by Crippen LogP contribution is -2.51. The molecule has 0 aliphatic heterocycles. The van der Waals surface area contributed by atoms with Crippen LogP contribution in [0.4, 0.5) is 0 Å². The second-order valence-electron chi connectivity index (χ2n) is 8.23. The van der Waals surface area contributed by atoms with Gasteiger partial charge in [-0.15, -0.1) is 0 Å². The van der Waals surface area contributed by atoms with Crippen LogP contribution < -0.4 is 0 Å². The van der Waals surface area contributed by atoms with Gasteiger partial charge in [0.1, 0.15) is 5.78 Å². The highest BCUT2D eigenvalue weighted by atomic mass is 16.4. The average Bonchev–Trinajstić information content (AvgIpc) is 2.82. The van der Waals surface area contributed by atoms with Crippen LogP contribution in [-0.2, 0) is 9.59 Å². The van der Waals surface area contributed by atoms with Crippen molar-refractivity contribution >= 4 is 11.8 Å². The topological polar surface area (TPSA) is 54.4 Å². The average molecular weight is 292 g/mol. The Labute approximate surface area is 127 Å². The third-order valence-electron chi connectivity index (χ3n) is 7.24. The second-order valence-corrected chi connectivity index (χ2v) is 8.23. The third kappa shape index (κ3) is 2.33. The van der Waals surface area contributed by atoms with Crippen molar-refractivity contribution in [2.45, 2.75) is 71.6 Å². The summed E-state index contributed by atoms with van der Waals surface area (Å²) in [5.74, 6) is 1.41. The van der Waals surface area contributed by atoms with E-state index in [9.17, 15) is 9.59 Å². The molecular weight excluding hydrogens is 264 g/mol. The molecule has 3 nitrogen and oxygen atoms in total. The van der Waals surface area contributed by atoms with Gasteiger partial charge in [-0.25, -0.2) is 0 Å². The van der Waals surface area contributed by atoms with E-state index in [0.717, 1.165) is 18.8 Å². The minimum absolute atomic E-state index is 0.132. The van der Waals surface area contributed by atoms with Crippen molar-refractivity contribution in [3.63, 3.8) is 0 Å². The molecule has 5 atom stereocenters. The summed E-state index contributed by atoms with van der Waals surface area (Å²) in [5, 5.41) is 9.02. The molecule has 0 aromatic rings. The molecule has 3 aliphatic carbocycles. The summed E-state index contributed by atoms with van der Waals surface area (Å²) >= 11 is 0. The van der Waals surface area contributed by atoms with Crippen molar-refractivity contribution in [1.82, 2.24) is 0 Å². The smallest absolute Gasteiger partial charge is 0.303 e. The van der Waals surface area contributed by atoms with Gasteiger partial charge in [-0.05, 0) is 61.7 Å². The second kappa shape index (κ2) is 5.10. The molecular formula is C18H28O3. The Morgan fingerprint density at radius 1 is 1.19 bits per heavy atom. The van der Waals surface area contributed by atoms with Gasteiger partial charge < -0.3 is 5.11 Å². The lowest BCUT2D eigenvalue weighted by molar-refractivity contribution is -0.147. The summed E-state index contributed by atoms with van der Waals surface area (Å²) in [7, 11) is 0. The fourth-order valence-electron chi connectivity index (χ4n) is 5.96. The highest BCUT2D eigenvalue weighted by Crippen LogP contribution is 2.62. The Balaban J connectivity index is 1.85. The van der Waals surface area contributed by atoms with Gasteiger partial charge in [0.05, 0.1) is 0 Å². The quantitative estimate of drug-likeness (QED) is 0.853. The molecule has 0 saturated heterocycles. The molecule has 3 rings (SSSR count). The number of ketones is 1. The minimum atomic E-state index is -0.771. The van der Waals surface area contributed by atoms with Gasteiger partial charge in [0.25, 0.3) is 0 Å². The van der Waals surface area contributed by atoms with Crippen molar-refractivity contribution in [3.8, 4) is 0 Å². The van der Waals surface area contributed by atoms with Crippen molar-refractivity contribution < 1.29 is 14.7 Å². The number of carbonyl (C=O) groups excluding carboxylic acids is 1. The van der Waals surface area contributed by atoms with Crippen molar-refractivity contribution in [2.75, 3.05) is 0 Å². The van der Waals surface area contributed by atoms with Crippen LogP contribution in [0.1, 0.15) is 71.6 Å². The summed E-state index contributed by atoms with van der Waals surface area (Å²) in [6.45, 7) is 4.51. The maximum Gasteiger partial charge on any atom is 0.303 e. The number of hydrogen-bond donors (Lipinski definition) is 1. The fourth-order valence-corrected chi connectivity index (χ4v) is 5.96. The van der Waals surface area contributed by atoms with Crippen molar-refractivity contribution in [1.29, 1.82) is 0 Å². The van der Waals surface area contributed by atoms with Crippen LogP contribution in [0.15, 0.2) is 0 Å². The van der Waals surface area contributed by atoms with Crippen LogP contribution >= 0.6 is 0 Å². The number of carboxylic acids is 1. The molecule has 21 heavy (non-hydrogen) atoms. The first kappa shape index (κ1) is 15.1. The Morgan fingerprint density at radius 3 is 2.67 bits per heavy atom. The van der Waals surface area contributed by atoms with Crippen LogP contribution in [0.2, 0.25) is 0 Å². The van der Waals surface area contributed by atoms with Gasteiger partial charge in [0, 0.05) is 18.3 Å².